The summed E-state index contributed by atoms with van der Waals surface area (Å²) in [6.07, 6.45) is 5.60. The van der Waals surface area contributed by atoms with Gasteiger partial charge in [-0.15, -0.1) is 0 Å². The van der Waals surface area contributed by atoms with E-state index in [-0.39, 0.29) is 5.75 Å². The summed E-state index contributed by atoms with van der Waals surface area (Å²) in [4.78, 5) is 6.38. The summed E-state index contributed by atoms with van der Waals surface area (Å²) < 4.78 is 27.4. The van der Waals surface area contributed by atoms with Crippen molar-refractivity contribution >= 4 is 15.7 Å². The Balaban J connectivity index is 1.47. The molecule has 0 radical (unpaired) electrons. The van der Waals surface area contributed by atoms with E-state index in [1.807, 2.05) is 43.3 Å². The van der Waals surface area contributed by atoms with Crippen LogP contribution in [-0.2, 0) is 15.8 Å². The Bertz CT molecular complexity index is 785. The fourth-order valence-electron chi connectivity index (χ4n) is 3.27. The molecule has 3 rings (SSSR count). The van der Waals surface area contributed by atoms with Crippen LogP contribution in [0.2, 0.25) is 0 Å². The lowest BCUT2D eigenvalue weighted by Crippen LogP contribution is -2.39. The second kappa shape index (κ2) is 7.97. The van der Waals surface area contributed by atoms with Crippen LogP contribution < -0.4 is 9.62 Å². The third-order valence-electron chi connectivity index (χ3n) is 4.67. The Morgan fingerprint density at radius 2 is 1.88 bits per heavy atom. The molecule has 0 spiro atoms. The topological polar surface area (TPSA) is 62.3 Å². The highest BCUT2D eigenvalue weighted by molar-refractivity contribution is 7.88. The number of aromatic nitrogens is 1. The first kappa shape index (κ1) is 17.9. The minimum absolute atomic E-state index is 0.0462. The van der Waals surface area contributed by atoms with Crippen molar-refractivity contribution in [3.63, 3.8) is 0 Å². The molecule has 0 aliphatic carbocycles. The van der Waals surface area contributed by atoms with Crippen LogP contribution in [0.15, 0.2) is 48.8 Å². The molecule has 0 saturated carbocycles. The largest absolute Gasteiger partial charge is 0.371 e. The second-order valence-electron chi connectivity index (χ2n) is 6.73. The maximum atomic E-state index is 12.3. The first-order chi connectivity index (χ1) is 12.0. The van der Waals surface area contributed by atoms with Gasteiger partial charge in [-0.25, -0.2) is 13.1 Å². The number of anilines is 1. The molecule has 1 aliphatic rings. The number of nitrogens with zero attached hydrogens (tertiary/aromatic N) is 2. The van der Waals surface area contributed by atoms with Crippen LogP contribution in [0, 0.1) is 12.8 Å². The van der Waals surface area contributed by atoms with E-state index in [9.17, 15) is 8.42 Å². The minimum atomic E-state index is -3.29. The fourth-order valence-corrected chi connectivity index (χ4v) is 4.48. The number of hydrogen-bond acceptors (Lipinski definition) is 4. The van der Waals surface area contributed by atoms with E-state index < -0.39 is 10.0 Å². The molecule has 0 unspecified atom stereocenters. The van der Waals surface area contributed by atoms with Gasteiger partial charge in [0.1, 0.15) is 0 Å². The molecule has 25 heavy (non-hydrogen) atoms. The molecule has 1 aromatic carbocycles. The second-order valence-corrected chi connectivity index (χ2v) is 8.54. The lowest BCUT2D eigenvalue weighted by Gasteiger charge is -2.33. The van der Waals surface area contributed by atoms with Crippen LogP contribution >= 0.6 is 0 Å². The van der Waals surface area contributed by atoms with Crippen molar-refractivity contribution in [3.8, 4) is 0 Å². The molecule has 5 nitrogen and oxygen atoms in total. The molecule has 0 bridgehead atoms. The van der Waals surface area contributed by atoms with Gasteiger partial charge < -0.3 is 4.90 Å². The Labute approximate surface area is 150 Å². The third-order valence-corrected chi connectivity index (χ3v) is 5.99. The molecule has 2 heterocycles. The van der Waals surface area contributed by atoms with Gasteiger partial charge in [-0.1, -0.05) is 29.8 Å². The van der Waals surface area contributed by atoms with Crippen molar-refractivity contribution in [2.24, 2.45) is 5.92 Å². The van der Waals surface area contributed by atoms with E-state index in [0.717, 1.165) is 37.1 Å². The zero-order valence-electron chi connectivity index (χ0n) is 14.6. The summed E-state index contributed by atoms with van der Waals surface area (Å²) in [5.74, 6) is 0.440. The smallest absolute Gasteiger partial charge is 0.215 e. The third kappa shape index (κ3) is 5.28. The molecular formula is C19H25N3O2S. The number of piperidine rings is 1. The standard InChI is InChI=1S/C19H25N3O2S/c1-16-3-2-4-18(13-16)15-25(23,24)21-14-17-7-11-22(12-8-17)19-5-9-20-10-6-19/h2-6,9-10,13,17,21H,7-8,11-12,14-15H2,1H3. The lowest BCUT2D eigenvalue weighted by atomic mass is 9.97. The van der Waals surface area contributed by atoms with Crippen LogP contribution in [0.1, 0.15) is 24.0 Å². The van der Waals surface area contributed by atoms with Gasteiger partial charge in [-0.3, -0.25) is 4.98 Å². The summed E-state index contributed by atoms with van der Waals surface area (Å²) in [5.41, 5.74) is 3.10. The molecule has 2 aromatic rings. The van der Waals surface area contributed by atoms with Gasteiger partial charge in [-0.05, 0) is 43.4 Å². The number of sulfonamides is 1. The van der Waals surface area contributed by atoms with Crippen LogP contribution in [0.25, 0.3) is 0 Å². The quantitative estimate of drug-likeness (QED) is 0.861. The monoisotopic (exact) mass is 359 g/mol. The van der Waals surface area contributed by atoms with Gasteiger partial charge in [0.2, 0.25) is 10.0 Å². The molecule has 0 atom stereocenters. The molecular weight excluding hydrogens is 334 g/mol. The Kier molecular flexibility index (Phi) is 5.71. The van der Waals surface area contributed by atoms with Crippen molar-refractivity contribution in [1.82, 2.24) is 9.71 Å². The van der Waals surface area contributed by atoms with Gasteiger partial charge in [0.05, 0.1) is 5.75 Å². The first-order valence-corrected chi connectivity index (χ1v) is 10.3. The van der Waals surface area contributed by atoms with Gasteiger partial charge in [0.15, 0.2) is 0 Å². The molecule has 1 aromatic heterocycles. The number of pyridine rings is 1. The van der Waals surface area contributed by atoms with Crippen molar-refractivity contribution in [2.75, 3.05) is 24.5 Å². The zero-order chi connectivity index (χ0) is 17.7. The Hall–Kier alpha value is -1.92. The van der Waals surface area contributed by atoms with Crippen molar-refractivity contribution in [1.29, 1.82) is 0 Å². The van der Waals surface area contributed by atoms with Crippen LogP contribution in [0.5, 0.6) is 0 Å². The normalized spacial score (nSPS) is 16.1. The summed E-state index contributed by atoms with van der Waals surface area (Å²) in [7, 11) is -3.29. The van der Waals surface area contributed by atoms with E-state index in [2.05, 4.69) is 14.6 Å². The van der Waals surface area contributed by atoms with E-state index in [4.69, 9.17) is 0 Å². The van der Waals surface area contributed by atoms with Crippen molar-refractivity contribution in [2.45, 2.75) is 25.5 Å². The molecule has 1 saturated heterocycles. The minimum Gasteiger partial charge on any atom is -0.371 e. The number of rotatable bonds is 6. The Morgan fingerprint density at radius 1 is 1.16 bits per heavy atom. The molecule has 134 valence electrons. The van der Waals surface area contributed by atoms with Crippen LogP contribution in [0.3, 0.4) is 0 Å². The summed E-state index contributed by atoms with van der Waals surface area (Å²) in [6.45, 7) is 4.40. The summed E-state index contributed by atoms with van der Waals surface area (Å²) in [5, 5.41) is 0. The average molecular weight is 359 g/mol. The molecule has 6 heteroatoms. The van der Waals surface area contributed by atoms with E-state index >= 15 is 0 Å². The lowest BCUT2D eigenvalue weighted by molar-refractivity contribution is 0.402. The number of benzene rings is 1. The van der Waals surface area contributed by atoms with Gasteiger partial charge in [0, 0.05) is 37.7 Å². The van der Waals surface area contributed by atoms with Crippen molar-refractivity contribution < 1.29 is 8.42 Å². The van der Waals surface area contributed by atoms with E-state index in [1.54, 1.807) is 12.4 Å². The molecule has 1 aliphatic heterocycles. The highest BCUT2D eigenvalue weighted by Gasteiger charge is 2.21. The number of aryl methyl sites for hydroxylation is 1. The van der Waals surface area contributed by atoms with Gasteiger partial charge in [-0.2, -0.15) is 0 Å². The van der Waals surface area contributed by atoms with Gasteiger partial charge >= 0.3 is 0 Å². The fraction of sp³-hybridized carbons (Fsp3) is 0.421. The number of nitrogens with one attached hydrogen (secondary N) is 1. The highest BCUT2D eigenvalue weighted by atomic mass is 32.2. The predicted octanol–water partition coefficient (Wildman–Crippen LogP) is 2.73. The Morgan fingerprint density at radius 3 is 2.56 bits per heavy atom. The summed E-state index contributed by atoms with van der Waals surface area (Å²) in [6, 6.07) is 11.7. The van der Waals surface area contributed by atoms with Crippen LogP contribution in [-0.4, -0.2) is 33.0 Å². The summed E-state index contributed by atoms with van der Waals surface area (Å²) >= 11 is 0. The SMILES string of the molecule is Cc1cccc(CS(=O)(=O)NCC2CCN(c3ccncc3)CC2)c1. The highest BCUT2D eigenvalue weighted by Crippen LogP contribution is 2.22. The molecule has 1 fully saturated rings. The average Bonchev–Trinajstić information content (AvgIpc) is 2.61. The maximum absolute atomic E-state index is 12.3. The first-order valence-electron chi connectivity index (χ1n) is 8.70. The zero-order valence-corrected chi connectivity index (χ0v) is 15.4. The van der Waals surface area contributed by atoms with Crippen LogP contribution in [0.4, 0.5) is 5.69 Å². The predicted molar refractivity (Wildman–Crippen MR) is 101 cm³/mol. The van der Waals surface area contributed by atoms with E-state index in [0.29, 0.717) is 12.5 Å². The maximum Gasteiger partial charge on any atom is 0.215 e. The van der Waals surface area contributed by atoms with Gasteiger partial charge in [0.25, 0.3) is 0 Å². The molecule has 1 N–H and O–H groups in total. The number of hydrogen-bond donors (Lipinski definition) is 1. The van der Waals surface area contributed by atoms with E-state index in [1.165, 1.54) is 5.69 Å². The molecule has 0 amide bonds. The van der Waals surface area contributed by atoms with Crippen molar-refractivity contribution in [3.05, 3.63) is 59.9 Å².